The minimum absolute atomic E-state index is 0.0582. The topological polar surface area (TPSA) is 96.6 Å². The second kappa shape index (κ2) is 10.4. The van der Waals surface area contributed by atoms with Crippen molar-refractivity contribution in [1.29, 1.82) is 0 Å². The van der Waals surface area contributed by atoms with E-state index in [2.05, 4.69) is 10.2 Å². The molecule has 11 heteroatoms. The molecule has 0 N–H and O–H groups in total. The summed E-state index contributed by atoms with van der Waals surface area (Å²) in [4.78, 5) is 14.8. The van der Waals surface area contributed by atoms with E-state index in [9.17, 15) is 13.2 Å². The molecule has 2 heterocycles. The number of carbonyl (C=O) groups excluding carboxylic acids is 1. The van der Waals surface area contributed by atoms with Crippen LogP contribution >= 0.6 is 23.2 Å². The van der Waals surface area contributed by atoms with Gasteiger partial charge in [-0.1, -0.05) is 42.3 Å². The summed E-state index contributed by atoms with van der Waals surface area (Å²) in [6, 6.07) is 11.4. The third-order valence-corrected chi connectivity index (χ3v) is 8.25. The number of nitrogens with zero attached hydrogens (tertiary/aromatic N) is 4. The van der Waals surface area contributed by atoms with E-state index in [1.54, 1.807) is 23.1 Å². The molecule has 1 aromatic heterocycles. The molecule has 4 rings (SSSR count). The smallest absolute Gasteiger partial charge is 0.254 e. The summed E-state index contributed by atoms with van der Waals surface area (Å²) in [6.07, 6.45) is 2.30. The number of carbonyl (C=O) groups is 1. The molecule has 0 atom stereocenters. The molecule has 2 aromatic carbocycles. The van der Waals surface area contributed by atoms with Crippen molar-refractivity contribution >= 4 is 39.1 Å². The number of benzene rings is 2. The number of rotatable bonds is 8. The summed E-state index contributed by atoms with van der Waals surface area (Å²) in [7, 11) is -3.78. The van der Waals surface area contributed by atoms with E-state index in [4.69, 9.17) is 27.6 Å². The van der Waals surface area contributed by atoms with Crippen LogP contribution in [0.25, 0.3) is 11.5 Å². The van der Waals surface area contributed by atoms with Crippen molar-refractivity contribution in [3.63, 3.8) is 0 Å². The van der Waals surface area contributed by atoms with E-state index in [0.29, 0.717) is 36.6 Å². The highest BCUT2D eigenvalue weighted by molar-refractivity contribution is 7.89. The van der Waals surface area contributed by atoms with Crippen LogP contribution in [-0.4, -0.2) is 53.4 Å². The highest BCUT2D eigenvalue weighted by atomic mass is 35.5. The van der Waals surface area contributed by atoms with E-state index in [1.807, 2.05) is 13.0 Å². The van der Waals surface area contributed by atoms with Gasteiger partial charge in [-0.25, -0.2) is 8.42 Å². The number of hydrogen-bond donors (Lipinski definition) is 0. The van der Waals surface area contributed by atoms with Crippen LogP contribution in [0.15, 0.2) is 51.8 Å². The summed E-state index contributed by atoms with van der Waals surface area (Å²) >= 11 is 12.4. The average Bonchev–Trinajstić information content (AvgIpc) is 3.52. The zero-order valence-corrected chi connectivity index (χ0v) is 20.9. The maximum atomic E-state index is 13.3. The molecule has 180 valence electrons. The fourth-order valence-corrected chi connectivity index (χ4v) is 6.06. The second-order valence-electron chi connectivity index (χ2n) is 7.96. The fraction of sp³-hybridized carbons (Fsp3) is 0.348. The summed E-state index contributed by atoms with van der Waals surface area (Å²) in [5.41, 5.74) is 0.826. The van der Waals surface area contributed by atoms with Gasteiger partial charge in [0.25, 0.3) is 5.91 Å². The minimum Gasteiger partial charge on any atom is -0.419 e. The Morgan fingerprint density at radius 2 is 1.82 bits per heavy atom. The number of amides is 1. The summed E-state index contributed by atoms with van der Waals surface area (Å²) < 4.78 is 33.3. The van der Waals surface area contributed by atoms with E-state index in [1.165, 1.54) is 22.5 Å². The van der Waals surface area contributed by atoms with Gasteiger partial charge >= 0.3 is 0 Å². The lowest BCUT2D eigenvalue weighted by atomic mass is 10.2. The maximum absolute atomic E-state index is 13.3. The molecule has 8 nitrogen and oxygen atoms in total. The number of aromatic nitrogens is 2. The van der Waals surface area contributed by atoms with Crippen molar-refractivity contribution in [3.8, 4) is 11.5 Å². The first-order chi connectivity index (χ1) is 16.3. The normalized spacial score (nSPS) is 14.4. The Morgan fingerprint density at radius 1 is 1.09 bits per heavy atom. The lowest BCUT2D eigenvalue weighted by molar-refractivity contribution is 0.0728. The summed E-state index contributed by atoms with van der Waals surface area (Å²) in [6.45, 7) is 3.32. The quantitative estimate of drug-likeness (QED) is 0.418. The Hall–Kier alpha value is -2.46. The van der Waals surface area contributed by atoms with Gasteiger partial charge in [-0.05, 0) is 49.6 Å². The molecule has 0 unspecified atom stereocenters. The molecule has 0 spiro atoms. The third kappa shape index (κ3) is 5.12. The highest BCUT2D eigenvalue weighted by Gasteiger charge is 2.30. The van der Waals surface area contributed by atoms with Crippen LogP contribution < -0.4 is 0 Å². The van der Waals surface area contributed by atoms with Gasteiger partial charge < -0.3 is 9.32 Å². The van der Waals surface area contributed by atoms with Crippen molar-refractivity contribution in [1.82, 2.24) is 19.4 Å². The van der Waals surface area contributed by atoms with E-state index in [0.717, 1.165) is 12.8 Å². The van der Waals surface area contributed by atoms with Gasteiger partial charge in [0.15, 0.2) is 0 Å². The van der Waals surface area contributed by atoms with Crippen molar-refractivity contribution in [3.05, 3.63) is 64.0 Å². The van der Waals surface area contributed by atoms with Gasteiger partial charge in [-0.15, -0.1) is 10.2 Å². The van der Waals surface area contributed by atoms with Crippen LogP contribution in [0.5, 0.6) is 0 Å². The molecule has 0 saturated carbocycles. The molecular formula is C23H24Cl2N4O4S. The molecule has 1 aliphatic rings. The number of hydrogen-bond acceptors (Lipinski definition) is 6. The zero-order chi connectivity index (χ0) is 24.3. The maximum Gasteiger partial charge on any atom is 0.254 e. The Balaban J connectivity index is 1.59. The Morgan fingerprint density at radius 3 is 2.53 bits per heavy atom. The van der Waals surface area contributed by atoms with Crippen LogP contribution in [0.3, 0.4) is 0 Å². The fourth-order valence-electron chi connectivity index (χ4n) is 3.83. The molecular weight excluding hydrogens is 499 g/mol. The Labute approximate surface area is 208 Å². The summed E-state index contributed by atoms with van der Waals surface area (Å²) in [5, 5.41) is 8.68. The van der Waals surface area contributed by atoms with E-state index < -0.39 is 10.0 Å². The summed E-state index contributed by atoms with van der Waals surface area (Å²) in [5.74, 6) is 0.152. The second-order valence-corrected chi connectivity index (χ2v) is 10.7. The molecule has 0 aliphatic carbocycles. The zero-order valence-electron chi connectivity index (χ0n) is 18.6. The Kier molecular flexibility index (Phi) is 7.57. The molecule has 3 aromatic rings. The van der Waals surface area contributed by atoms with Gasteiger partial charge in [-0.2, -0.15) is 4.31 Å². The average molecular weight is 523 g/mol. The first-order valence-corrected chi connectivity index (χ1v) is 13.2. The number of halogens is 2. The molecule has 1 saturated heterocycles. The monoisotopic (exact) mass is 522 g/mol. The van der Waals surface area contributed by atoms with E-state index >= 15 is 0 Å². The molecule has 34 heavy (non-hydrogen) atoms. The van der Waals surface area contributed by atoms with Crippen molar-refractivity contribution in [2.24, 2.45) is 0 Å². The van der Waals surface area contributed by atoms with Gasteiger partial charge in [-0.3, -0.25) is 4.79 Å². The Bertz CT molecular complexity index is 1290. The largest absolute Gasteiger partial charge is 0.419 e. The van der Waals surface area contributed by atoms with Gasteiger partial charge in [0.1, 0.15) is 4.90 Å². The minimum atomic E-state index is -3.78. The molecule has 1 amide bonds. The highest BCUT2D eigenvalue weighted by Crippen LogP contribution is 2.29. The first-order valence-electron chi connectivity index (χ1n) is 11.0. The standard InChI is InChI=1S/C23H24Cl2N4O4S/c1-2-11-28(15-21-26-27-22(33-21)17-7-3-4-8-18(17)24)23(30)16-9-10-19(25)20(14-16)34(31,32)29-12-5-6-13-29/h3-4,7-10,14H,2,5-6,11-13,15H2,1H3. The predicted molar refractivity (Wildman–Crippen MR) is 129 cm³/mol. The van der Waals surface area contributed by atoms with Crippen LogP contribution in [0, 0.1) is 0 Å². The van der Waals surface area contributed by atoms with Crippen LogP contribution in [0.2, 0.25) is 10.0 Å². The molecule has 0 bridgehead atoms. The molecule has 1 fully saturated rings. The van der Waals surface area contributed by atoms with Gasteiger partial charge in [0.05, 0.1) is 22.2 Å². The third-order valence-electron chi connectivity index (χ3n) is 5.54. The van der Waals surface area contributed by atoms with Gasteiger partial charge in [0, 0.05) is 25.2 Å². The lowest BCUT2D eigenvalue weighted by Crippen LogP contribution is -2.32. The SMILES string of the molecule is CCCN(Cc1nnc(-c2ccccc2Cl)o1)C(=O)c1ccc(Cl)c(S(=O)(=O)N2CCCC2)c1. The molecule has 0 radical (unpaired) electrons. The lowest BCUT2D eigenvalue weighted by Gasteiger charge is -2.21. The van der Waals surface area contributed by atoms with Crippen molar-refractivity contribution in [2.45, 2.75) is 37.6 Å². The number of sulfonamides is 1. The van der Waals surface area contributed by atoms with Crippen molar-refractivity contribution < 1.29 is 17.6 Å². The van der Waals surface area contributed by atoms with Gasteiger partial charge in [0.2, 0.25) is 21.8 Å². The van der Waals surface area contributed by atoms with Crippen LogP contribution in [0.1, 0.15) is 42.4 Å². The molecule has 1 aliphatic heterocycles. The van der Waals surface area contributed by atoms with E-state index in [-0.39, 0.29) is 39.7 Å². The first kappa shape index (κ1) is 24.7. The van der Waals surface area contributed by atoms with Crippen LogP contribution in [-0.2, 0) is 16.6 Å². The van der Waals surface area contributed by atoms with Crippen LogP contribution in [0.4, 0.5) is 0 Å². The van der Waals surface area contributed by atoms with Crippen molar-refractivity contribution in [2.75, 3.05) is 19.6 Å². The predicted octanol–water partition coefficient (Wildman–Crippen LogP) is 4.88.